The van der Waals surface area contributed by atoms with Gasteiger partial charge < -0.3 is 15.1 Å². The molecule has 1 saturated heterocycles. The third kappa shape index (κ3) is 3.36. The summed E-state index contributed by atoms with van der Waals surface area (Å²) >= 11 is 3.48. The highest BCUT2D eigenvalue weighted by atomic mass is 79.9. The Morgan fingerprint density at radius 2 is 2.23 bits per heavy atom. The fraction of sp³-hybridized carbons (Fsp3) is 0.400. The number of carbonyl (C=O) groups excluding carboxylic acids is 1. The van der Waals surface area contributed by atoms with Gasteiger partial charge in [-0.25, -0.2) is 0 Å². The average molecular weight is 366 g/mol. The van der Waals surface area contributed by atoms with E-state index in [9.17, 15) is 4.79 Å². The van der Waals surface area contributed by atoms with Crippen LogP contribution in [-0.4, -0.2) is 29.2 Å². The van der Waals surface area contributed by atoms with Gasteiger partial charge in [0.25, 0.3) is 5.89 Å². The average Bonchev–Trinajstić information content (AvgIpc) is 2.96. The number of hydrogen-bond donors (Lipinski definition) is 2. The molecule has 0 radical (unpaired) electrons. The summed E-state index contributed by atoms with van der Waals surface area (Å²) in [6.45, 7) is 2.36. The van der Waals surface area contributed by atoms with Crippen LogP contribution in [0.5, 0.6) is 0 Å². The number of primary amides is 1. The quantitative estimate of drug-likeness (QED) is 0.837. The zero-order valence-electron chi connectivity index (χ0n) is 12.1. The molecule has 2 aromatic rings. The van der Waals surface area contributed by atoms with Gasteiger partial charge in [0.2, 0.25) is 11.8 Å². The van der Waals surface area contributed by atoms with Crippen molar-refractivity contribution in [1.29, 1.82) is 0 Å². The predicted octanol–water partition coefficient (Wildman–Crippen LogP) is 0.779. The van der Waals surface area contributed by atoms with Gasteiger partial charge in [0.1, 0.15) is 0 Å². The van der Waals surface area contributed by atoms with Crippen LogP contribution in [0.3, 0.4) is 0 Å². The Morgan fingerprint density at radius 1 is 1.41 bits per heavy atom. The highest BCUT2D eigenvalue weighted by molar-refractivity contribution is 9.10. The molecule has 3 rings (SSSR count). The number of quaternary nitrogens is 1. The molecule has 1 amide bonds. The molecule has 0 bridgehead atoms. The molecule has 7 heteroatoms. The van der Waals surface area contributed by atoms with Crippen LogP contribution >= 0.6 is 15.9 Å². The van der Waals surface area contributed by atoms with Gasteiger partial charge in [0.15, 0.2) is 6.54 Å². The predicted molar refractivity (Wildman–Crippen MR) is 83.8 cm³/mol. The molecule has 3 N–H and O–H groups in total. The number of nitrogens with one attached hydrogen (secondary N) is 1. The maximum Gasteiger partial charge on any atom is 0.271 e. The SMILES string of the molecule is NC(=O)[C@@H]1CCC[NH+](Cc2nnc(-c3ccccc3Br)o2)C1. The number of piperidine rings is 1. The highest BCUT2D eigenvalue weighted by Crippen LogP contribution is 2.26. The number of nitrogens with zero attached hydrogens (tertiary/aromatic N) is 2. The van der Waals surface area contributed by atoms with E-state index in [4.69, 9.17) is 10.2 Å². The number of rotatable bonds is 4. The lowest BCUT2D eigenvalue weighted by atomic mass is 9.97. The van der Waals surface area contributed by atoms with Crippen LogP contribution in [0.2, 0.25) is 0 Å². The first-order chi connectivity index (χ1) is 10.6. The molecule has 1 unspecified atom stereocenters. The minimum Gasteiger partial charge on any atom is -0.415 e. The van der Waals surface area contributed by atoms with Crippen molar-refractivity contribution >= 4 is 21.8 Å². The Balaban J connectivity index is 1.70. The van der Waals surface area contributed by atoms with Crippen LogP contribution in [0.4, 0.5) is 0 Å². The first kappa shape index (κ1) is 15.2. The molecular formula is C15H18BrN4O2+. The van der Waals surface area contributed by atoms with Crippen LogP contribution < -0.4 is 10.6 Å². The van der Waals surface area contributed by atoms with E-state index in [1.54, 1.807) is 0 Å². The number of benzene rings is 1. The van der Waals surface area contributed by atoms with Gasteiger partial charge in [-0.3, -0.25) is 4.79 Å². The number of aromatic nitrogens is 2. The van der Waals surface area contributed by atoms with E-state index in [1.165, 1.54) is 4.90 Å². The van der Waals surface area contributed by atoms with Crippen LogP contribution in [0, 0.1) is 5.92 Å². The fourth-order valence-electron chi connectivity index (χ4n) is 2.84. The monoisotopic (exact) mass is 365 g/mol. The third-order valence-corrected chi connectivity index (χ3v) is 4.68. The molecule has 2 atom stereocenters. The molecule has 6 nitrogen and oxygen atoms in total. The largest absolute Gasteiger partial charge is 0.415 e. The third-order valence-electron chi connectivity index (χ3n) is 3.99. The number of halogens is 1. The summed E-state index contributed by atoms with van der Waals surface area (Å²) in [7, 11) is 0. The van der Waals surface area contributed by atoms with Crippen LogP contribution in [0.15, 0.2) is 33.2 Å². The summed E-state index contributed by atoms with van der Waals surface area (Å²) < 4.78 is 6.68. The van der Waals surface area contributed by atoms with E-state index < -0.39 is 0 Å². The van der Waals surface area contributed by atoms with Gasteiger partial charge in [0, 0.05) is 4.47 Å². The zero-order valence-corrected chi connectivity index (χ0v) is 13.7. The summed E-state index contributed by atoms with van der Waals surface area (Å²) in [5.41, 5.74) is 6.29. The first-order valence-corrected chi connectivity index (χ1v) is 8.13. The van der Waals surface area contributed by atoms with Crippen LogP contribution in [0.25, 0.3) is 11.5 Å². The first-order valence-electron chi connectivity index (χ1n) is 7.33. The molecule has 1 aliphatic rings. The minimum absolute atomic E-state index is 0.0468. The lowest BCUT2D eigenvalue weighted by molar-refractivity contribution is -0.922. The Labute approximate surface area is 136 Å². The number of likely N-dealkylation sites (tertiary alicyclic amines) is 1. The van der Waals surface area contributed by atoms with Gasteiger partial charge in [0.05, 0.1) is 24.6 Å². The zero-order chi connectivity index (χ0) is 15.5. The topological polar surface area (TPSA) is 86.5 Å². The van der Waals surface area contributed by atoms with Gasteiger partial charge in [-0.15, -0.1) is 10.2 Å². The van der Waals surface area contributed by atoms with Crippen LogP contribution in [-0.2, 0) is 11.3 Å². The van der Waals surface area contributed by atoms with Crippen molar-refractivity contribution in [2.45, 2.75) is 19.4 Å². The van der Waals surface area contributed by atoms with E-state index in [2.05, 4.69) is 26.1 Å². The number of nitrogens with two attached hydrogens (primary N) is 1. The molecular weight excluding hydrogens is 348 g/mol. The highest BCUT2D eigenvalue weighted by Gasteiger charge is 2.28. The Morgan fingerprint density at radius 3 is 3.00 bits per heavy atom. The number of amides is 1. The second kappa shape index (κ2) is 6.58. The van der Waals surface area contributed by atoms with Crippen LogP contribution in [0.1, 0.15) is 18.7 Å². The van der Waals surface area contributed by atoms with Gasteiger partial charge in [-0.2, -0.15) is 0 Å². The van der Waals surface area contributed by atoms with E-state index in [0.29, 0.717) is 18.3 Å². The van der Waals surface area contributed by atoms with Gasteiger partial charge in [-0.05, 0) is 40.9 Å². The Kier molecular flexibility index (Phi) is 4.54. The van der Waals surface area contributed by atoms with Crippen molar-refractivity contribution in [2.75, 3.05) is 13.1 Å². The lowest BCUT2D eigenvalue weighted by Gasteiger charge is -2.26. The van der Waals surface area contributed by atoms with E-state index in [1.807, 2.05) is 24.3 Å². The molecule has 0 saturated carbocycles. The molecule has 1 aromatic heterocycles. The van der Waals surface area contributed by atoms with E-state index in [0.717, 1.165) is 36.0 Å². The maximum absolute atomic E-state index is 11.3. The summed E-state index contributed by atoms with van der Waals surface area (Å²) in [5, 5.41) is 8.24. The van der Waals surface area contributed by atoms with E-state index >= 15 is 0 Å². The second-order valence-electron chi connectivity index (χ2n) is 5.60. The van der Waals surface area contributed by atoms with Gasteiger partial charge in [-0.1, -0.05) is 12.1 Å². The number of carbonyl (C=O) groups is 1. The van der Waals surface area contributed by atoms with Crippen molar-refractivity contribution in [3.8, 4) is 11.5 Å². The summed E-state index contributed by atoms with van der Waals surface area (Å²) in [6.07, 6.45) is 1.87. The second-order valence-corrected chi connectivity index (χ2v) is 6.46. The van der Waals surface area contributed by atoms with Crippen molar-refractivity contribution in [3.63, 3.8) is 0 Å². The normalized spacial score (nSPS) is 21.7. The lowest BCUT2D eigenvalue weighted by Crippen LogP contribution is -3.12. The maximum atomic E-state index is 11.3. The smallest absolute Gasteiger partial charge is 0.271 e. The Hall–Kier alpha value is -1.73. The molecule has 1 fully saturated rings. The molecule has 0 aliphatic carbocycles. The summed E-state index contributed by atoms with van der Waals surface area (Å²) in [4.78, 5) is 12.6. The van der Waals surface area contributed by atoms with E-state index in [-0.39, 0.29) is 11.8 Å². The van der Waals surface area contributed by atoms with Crippen molar-refractivity contribution in [1.82, 2.24) is 10.2 Å². The number of hydrogen-bond acceptors (Lipinski definition) is 4. The van der Waals surface area contributed by atoms with Crippen molar-refractivity contribution < 1.29 is 14.1 Å². The summed E-state index contributed by atoms with van der Waals surface area (Å²) in [5.74, 6) is 0.835. The Bertz CT molecular complexity index is 673. The standard InChI is InChI=1S/C15H17BrN4O2/c16-12-6-2-1-5-11(12)15-19-18-13(22-15)9-20-7-3-4-10(8-20)14(17)21/h1-2,5-6,10H,3-4,7-9H2,(H2,17,21)/p+1/t10-/m1/s1. The molecule has 116 valence electrons. The molecule has 2 heterocycles. The molecule has 0 spiro atoms. The van der Waals surface area contributed by atoms with Crippen molar-refractivity contribution in [2.24, 2.45) is 11.7 Å². The molecule has 22 heavy (non-hydrogen) atoms. The summed E-state index contributed by atoms with van der Waals surface area (Å²) in [6, 6.07) is 7.73. The molecule has 1 aromatic carbocycles. The minimum atomic E-state index is -0.211. The van der Waals surface area contributed by atoms with Gasteiger partial charge >= 0.3 is 0 Å². The fourth-order valence-corrected chi connectivity index (χ4v) is 3.29. The molecule has 1 aliphatic heterocycles. The van der Waals surface area contributed by atoms with Crippen molar-refractivity contribution in [3.05, 3.63) is 34.6 Å².